The van der Waals surface area contributed by atoms with E-state index in [9.17, 15) is 0 Å². The molecule has 0 aliphatic heterocycles. The van der Waals surface area contributed by atoms with Gasteiger partial charge < -0.3 is 10.8 Å². The molecule has 0 amide bonds. The fraction of sp³-hybridized carbons (Fsp3) is 1.00. The molecule has 0 aromatic rings. The van der Waals surface area contributed by atoms with Gasteiger partial charge in [0.2, 0.25) is 0 Å². The monoisotopic (exact) mass is 141 g/mol. The van der Waals surface area contributed by atoms with Crippen LogP contribution in [0.1, 0.15) is 19.3 Å². The highest BCUT2D eigenvalue weighted by atomic mass is 16.3. The Balaban J connectivity index is 1.93. The predicted molar refractivity (Wildman–Crippen MR) is 39.4 cm³/mol. The zero-order valence-corrected chi connectivity index (χ0v) is 6.16. The van der Waals surface area contributed by atoms with E-state index in [0.717, 1.165) is 11.8 Å². The Morgan fingerprint density at radius 2 is 2.10 bits per heavy atom. The molecule has 0 saturated heterocycles. The molecule has 0 aromatic carbocycles. The highest BCUT2D eigenvalue weighted by molar-refractivity contribution is 4.98. The van der Waals surface area contributed by atoms with Crippen LogP contribution in [0.25, 0.3) is 0 Å². The Morgan fingerprint density at radius 1 is 1.30 bits per heavy atom. The Morgan fingerprint density at radius 3 is 2.60 bits per heavy atom. The normalized spacial score (nSPS) is 52.2. The Hall–Kier alpha value is -0.0800. The minimum atomic E-state index is 0.375. The fourth-order valence-corrected chi connectivity index (χ4v) is 2.55. The summed E-state index contributed by atoms with van der Waals surface area (Å²) in [6, 6.07) is 0.460. The molecule has 3 N–H and O–H groups in total. The van der Waals surface area contributed by atoms with Gasteiger partial charge in [0.25, 0.3) is 0 Å². The third kappa shape index (κ3) is 0.789. The van der Waals surface area contributed by atoms with E-state index in [1.54, 1.807) is 0 Å². The maximum absolute atomic E-state index is 8.87. The molecule has 0 aromatic heterocycles. The minimum absolute atomic E-state index is 0.375. The molecule has 0 bridgehead atoms. The highest BCUT2D eigenvalue weighted by Gasteiger charge is 2.45. The van der Waals surface area contributed by atoms with Gasteiger partial charge in [-0.3, -0.25) is 0 Å². The standard InChI is InChI=1S/C8H15NO/c9-8-3-6-1-5(4-10)2-7(6)8/h5-8,10H,1-4,9H2/t5?,6-,7-,8+/m0/s1. The summed E-state index contributed by atoms with van der Waals surface area (Å²) in [7, 11) is 0. The van der Waals surface area contributed by atoms with Gasteiger partial charge in [-0.15, -0.1) is 0 Å². The van der Waals surface area contributed by atoms with Gasteiger partial charge in [-0.05, 0) is 37.0 Å². The SMILES string of the molecule is N[C@@H]1C[C@@H]2CC(CO)C[C@@H]21. The van der Waals surface area contributed by atoms with Crippen molar-refractivity contribution < 1.29 is 5.11 Å². The second kappa shape index (κ2) is 2.21. The Labute approximate surface area is 61.4 Å². The molecule has 2 heteroatoms. The maximum Gasteiger partial charge on any atom is 0.0459 e. The van der Waals surface area contributed by atoms with E-state index >= 15 is 0 Å². The average Bonchev–Trinajstić information content (AvgIpc) is 2.26. The first-order valence-corrected chi connectivity index (χ1v) is 4.17. The van der Waals surface area contributed by atoms with Gasteiger partial charge in [0.05, 0.1) is 0 Å². The van der Waals surface area contributed by atoms with Gasteiger partial charge in [0.1, 0.15) is 0 Å². The zero-order valence-electron chi connectivity index (χ0n) is 6.16. The molecule has 1 unspecified atom stereocenters. The Kier molecular flexibility index (Phi) is 1.46. The molecule has 2 rings (SSSR count). The third-order valence-corrected chi connectivity index (χ3v) is 3.23. The lowest BCUT2D eigenvalue weighted by molar-refractivity contribution is 0.173. The molecular formula is C8H15NO. The van der Waals surface area contributed by atoms with E-state index < -0.39 is 0 Å². The summed E-state index contributed by atoms with van der Waals surface area (Å²) in [6.45, 7) is 0.375. The van der Waals surface area contributed by atoms with Crippen molar-refractivity contribution in [2.45, 2.75) is 25.3 Å². The number of nitrogens with two attached hydrogens (primary N) is 1. The van der Waals surface area contributed by atoms with Crippen LogP contribution < -0.4 is 5.73 Å². The lowest BCUT2D eigenvalue weighted by Crippen LogP contribution is -2.44. The van der Waals surface area contributed by atoms with Crippen molar-refractivity contribution in [3.05, 3.63) is 0 Å². The van der Waals surface area contributed by atoms with Gasteiger partial charge in [0.15, 0.2) is 0 Å². The van der Waals surface area contributed by atoms with Crippen LogP contribution in [0.5, 0.6) is 0 Å². The summed E-state index contributed by atoms with van der Waals surface area (Å²) < 4.78 is 0. The first-order valence-electron chi connectivity index (χ1n) is 4.17. The molecule has 58 valence electrons. The molecule has 0 radical (unpaired) electrons. The van der Waals surface area contributed by atoms with Crippen LogP contribution in [0, 0.1) is 17.8 Å². The zero-order chi connectivity index (χ0) is 7.14. The van der Waals surface area contributed by atoms with Crippen molar-refractivity contribution in [2.24, 2.45) is 23.5 Å². The van der Waals surface area contributed by atoms with Crippen LogP contribution in [0.3, 0.4) is 0 Å². The van der Waals surface area contributed by atoms with Crippen molar-refractivity contribution in [1.29, 1.82) is 0 Å². The van der Waals surface area contributed by atoms with Crippen LogP contribution in [0.2, 0.25) is 0 Å². The summed E-state index contributed by atoms with van der Waals surface area (Å²) in [6.07, 6.45) is 3.62. The number of hydrogen-bond acceptors (Lipinski definition) is 2. The molecule has 2 fully saturated rings. The first kappa shape index (κ1) is 6.62. The summed E-state index contributed by atoms with van der Waals surface area (Å²) in [5, 5.41) is 8.87. The molecule has 4 atom stereocenters. The Bertz CT molecular complexity index is 137. The second-order valence-electron chi connectivity index (χ2n) is 3.84. The molecule has 2 aliphatic rings. The number of hydrogen-bond donors (Lipinski definition) is 2. The highest BCUT2D eigenvalue weighted by Crippen LogP contribution is 2.48. The van der Waals surface area contributed by atoms with E-state index in [1.165, 1.54) is 19.3 Å². The summed E-state index contributed by atoms with van der Waals surface area (Å²) in [4.78, 5) is 0. The van der Waals surface area contributed by atoms with Crippen LogP contribution in [0.15, 0.2) is 0 Å². The molecule has 0 heterocycles. The fourth-order valence-electron chi connectivity index (χ4n) is 2.55. The summed E-state index contributed by atoms with van der Waals surface area (Å²) in [5.41, 5.74) is 5.80. The van der Waals surface area contributed by atoms with Crippen LogP contribution in [-0.2, 0) is 0 Å². The smallest absolute Gasteiger partial charge is 0.0459 e. The van der Waals surface area contributed by atoms with E-state index in [0.29, 0.717) is 18.6 Å². The van der Waals surface area contributed by atoms with E-state index in [1.807, 2.05) is 0 Å². The van der Waals surface area contributed by atoms with E-state index in [2.05, 4.69) is 0 Å². The minimum Gasteiger partial charge on any atom is -0.396 e. The number of aliphatic hydroxyl groups excluding tert-OH is 1. The van der Waals surface area contributed by atoms with Gasteiger partial charge in [-0.25, -0.2) is 0 Å². The maximum atomic E-state index is 8.87. The third-order valence-electron chi connectivity index (χ3n) is 3.23. The molecule has 2 aliphatic carbocycles. The van der Waals surface area contributed by atoms with Crippen molar-refractivity contribution in [2.75, 3.05) is 6.61 Å². The summed E-state index contributed by atoms with van der Waals surface area (Å²) >= 11 is 0. The van der Waals surface area contributed by atoms with E-state index in [-0.39, 0.29) is 0 Å². The van der Waals surface area contributed by atoms with Crippen LogP contribution in [-0.4, -0.2) is 17.8 Å². The van der Waals surface area contributed by atoms with Gasteiger partial charge in [-0.2, -0.15) is 0 Å². The van der Waals surface area contributed by atoms with Crippen molar-refractivity contribution in [3.63, 3.8) is 0 Å². The molecule has 0 spiro atoms. The van der Waals surface area contributed by atoms with E-state index in [4.69, 9.17) is 10.8 Å². The van der Waals surface area contributed by atoms with Crippen LogP contribution >= 0.6 is 0 Å². The molecular weight excluding hydrogens is 126 g/mol. The quantitative estimate of drug-likeness (QED) is 0.553. The van der Waals surface area contributed by atoms with Gasteiger partial charge in [0, 0.05) is 12.6 Å². The molecule has 2 nitrogen and oxygen atoms in total. The molecule has 10 heavy (non-hydrogen) atoms. The van der Waals surface area contributed by atoms with Crippen molar-refractivity contribution in [3.8, 4) is 0 Å². The second-order valence-corrected chi connectivity index (χ2v) is 3.84. The lowest BCUT2D eigenvalue weighted by Gasteiger charge is -2.37. The number of aliphatic hydroxyl groups is 1. The number of rotatable bonds is 1. The van der Waals surface area contributed by atoms with Crippen molar-refractivity contribution >= 4 is 0 Å². The average molecular weight is 141 g/mol. The first-order chi connectivity index (χ1) is 4.81. The lowest BCUT2D eigenvalue weighted by atomic mass is 9.72. The van der Waals surface area contributed by atoms with Gasteiger partial charge >= 0.3 is 0 Å². The number of fused-ring (bicyclic) bond motifs is 1. The largest absolute Gasteiger partial charge is 0.396 e. The summed E-state index contributed by atoms with van der Waals surface area (Å²) in [5.74, 6) is 2.20. The van der Waals surface area contributed by atoms with Gasteiger partial charge in [-0.1, -0.05) is 0 Å². The van der Waals surface area contributed by atoms with Crippen LogP contribution in [0.4, 0.5) is 0 Å². The van der Waals surface area contributed by atoms with Crippen molar-refractivity contribution in [1.82, 2.24) is 0 Å². The topological polar surface area (TPSA) is 46.2 Å². The molecule has 2 saturated carbocycles. The predicted octanol–water partition coefficient (Wildman–Crippen LogP) is 0.352.